The van der Waals surface area contributed by atoms with Gasteiger partial charge in [0.15, 0.2) is 6.61 Å². The Hall–Kier alpha value is -3.35. The Balaban J connectivity index is 1.71. The van der Waals surface area contributed by atoms with Crippen LogP contribution >= 0.6 is 0 Å². The lowest BCUT2D eigenvalue weighted by Gasteiger charge is -2.33. The maximum absolute atomic E-state index is 12.3. The normalized spacial score (nSPS) is 14.6. The second-order valence-electron chi connectivity index (χ2n) is 7.91. The van der Waals surface area contributed by atoms with Crippen molar-refractivity contribution in [2.45, 2.75) is 45.6 Å². The van der Waals surface area contributed by atoms with E-state index in [-0.39, 0.29) is 18.1 Å². The molecule has 1 amide bonds. The fourth-order valence-electron chi connectivity index (χ4n) is 3.67. The first-order chi connectivity index (χ1) is 14.4. The minimum atomic E-state index is -0.406. The van der Waals surface area contributed by atoms with E-state index in [2.05, 4.69) is 10.3 Å². The molecule has 1 N–H and O–H groups in total. The van der Waals surface area contributed by atoms with Crippen molar-refractivity contribution in [1.29, 1.82) is 0 Å². The van der Waals surface area contributed by atoms with Crippen LogP contribution in [0.1, 0.15) is 38.3 Å². The van der Waals surface area contributed by atoms with Gasteiger partial charge in [-0.2, -0.15) is 0 Å². The molecule has 7 nitrogen and oxygen atoms in total. The van der Waals surface area contributed by atoms with Gasteiger partial charge >= 0.3 is 5.63 Å². The molecule has 30 heavy (non-hydrogen) atoms. The minimum Gasteiger partial charge on any atom is -0.487 e. The number of rotatable bonds is 5. The van der Waals surface area contributed by atoms with Crippen LogP contribution < -0.4 is 20.4 Å². The molecule has 1 aliphatic heterocycles. The zero-order valence-electron chi connectivity index (χ0n) is 17.3. The van der Waals surface area contributed by atoms with Gasteiger partial charge < -0.3 is 19.2 Å². The number of carbonyl (C=O) groups is 1. The van der Waals surface area contributed by atoms with E-state index < -0.39 is 5.63 Å². The molecule has 1 aliphatic rings. The SMILES string of the molecule is CCc1cc(=O)oc2c3c(cc(OCC(=O)Nc4ccccn4)c12)OC(C)(C)CC3. The van der Waals surface area contributed by atoms with Crippen molar-refractivity contribution in [1.82, 2.24) is 4.98 Å². The molecular formula is C23H24N2O5. The number of hydrogen-bond acceptors (Lipinski definition) is 6. The first kappa shape index (κ1) is 19.9. The van der Waals surface area contributed by atoms with Crippen LogP contribution in [-0.2, 0) is 17.6 Å². The van der Waals surface area contributed by atoms with E-state index in [0.717, 1.165) is 24.0 Å². The molecular weight excluding hydrogens is 384 g/mol. The van der Waals surface area contributed by atoms with Gasteiger partial charge in [-0.3, -0.25) is 4.79 Å². The van der Waals surface area contributed by atoms with E-state index in [1.165, 1.54) is 6.07 Å². The number of nitrogens with one attached hydrogen (secondary N) is 1. The summed E-state index contributed by atoms with van der Waals surface area (Å²) in [5, 5.41) is 3.41. The molecule has 1 aromatic carbocycles. The summed E-state index contributed by atoms with van der Waals surface area (Å²) in [5.74, 6) is 1.19. The molecule has 0 unspecified atom stereocenters. The summed E-state index contributed by atoms with van der Waals surface area (Å²) in [6.07, 6.45) is 3.77. The fourth-order valence-corrected chi connectivity index (χ4v) is 3.67. The Morgan fingerprint density at radius 3 is 2.87 bits per heavy atom. The zero-order valence-corrected chi connectivity index (χ0v) is 17.3. The van der Waals surface area contributed by atoms with Gasteiger partial charge in [-0.25, -0.2) is 9.78 Å². The van der Waals surface area contributed by atoms with Crippen LogP contribution in [0.5, 0.6) is 11.5 Å². The van der Waals surface area contributed by atoms with Gasteiger partial charge in [-0.05, 0) is 50.8 Å². The number of anilines is 1. The number of nitrogens with zero attached hydrogens (tertiary/aromatic N) is 1. The molecule has 3 heterocycles. The lowest BCUT2D eigenvalue weighted by molar-refractivity contribution is -0.118. The average molecular weight is 408 g/mol. The van der Waals surface area contributed by atoms with Crippen molar-refractivity contribution in [2.24, 2.45) is 0 Å². The summed E-state index contributed by atoms with van der Waals surface area (Å²) in [6, 6.07) is 8.53. The minimum absolute atomic E-state index is 0.212. The van der Waals surface area contributed by atoms with Crippen molar-refractivity contribution in [3.05, 3.63) is 58.1 Å². The van der Waals surface area contributed by atoms with Crippen LogP contribution in [0.15, 0.2) is 45.7 Å². The number of amides is 1. The highest BCUT2D eigenvalue weighted by atomic mass is 16.5. The van der Waals surface area contributed by atoms with Gasteiger partial charge in [0, 0.05) is 23.9 Å². The molecule has 0 spiro atoms. The van der Waals surface area contributed by atoms with E-state index in [1.54, 1.807) is 30.5 Å². The summed E-state index contributed by atoms with van der Waals surface area (Å²) in [7, 11) is 0. The van der Waals surface area contributed by atoms with Crippen molar-refractivity contribution >= 4 is 22.7 Å². The predicted molar refractivity (Wildman–Crippen MR) is 113 cm³/mol. The Morgan fingerprint density at radius 1 is 1.30 bits per heavy atom. The van der Waals surface area contributed by atoms with E-state index >= 15 is 0 Å². The molecule has 7 heteroatoms. The summed E-state index contributed by atoms with van der Waals surface area (Å²) in [4.78, 5) is 28.6. The third-order valence-corrected chi connectivity index (χ3v) is 5.16. The monoisotopic (exact) mass is 408 g/mol. The fraction of sp³-hybridized carbons (Fsp3) is 0.348. The van der Waals surface area contributed by atoms with Crippen molar-refractivity contribution in [3.63, 3.8) is 0 Å². The molecule has 0 atom stereocenters. The first-order valence-corrected chi connectivity index (χ1v) is 10.0. The van der Waals surface area contributed by atoms with Crippen molar-refractivity contribution < 1.29 is 18.7 Å². The topological polar surface area (TPSA) is 90.7 Å². The van der Waals surface area contributed by atoms with Gasteiger partial charge in [-0.1, -0.05) is 13.0 Å². The zero-order chi connectivity index (χ0) is 21.3. The Labute approximate surface area is 174 Å². The molecule has 3 aromatic rings. The Bertz CT molecular complexity index is 1150. The second kappa shape index (κ2) is 7.82. The molecule has 0 saturated heterocycles. The lowest BCUT2D eigenvalue weighted by atomic mass is 9.92. The van der Waals surface area contributed by atoms with Crippen LogP contribution in [0.3, 0.4) is 0 Å². The standard InChI is InChI=1S/C23H24N2O5/c1-4-14-11-20(27)29-22-15-8-9-23(2,3)30-16(15)12-17(21(14)22)28-13-19(26)25-18-7-5-6-10-24-18/h5-7,10-12H,4,8-9,13H2,1-3H3,(H,24,25,26). The molecule has 0 aliphatic carbocycles. The van der Waals surface area contributed by atoms with Crippen LogP contribution in [-0.4, -0.2) is 23.1 Å². The number of hydrogen-bond donors (Lipinski definition) is 1. The van der Waals surface area contributed by atoms with E-state index in [9.17, 15) is 9.59 Å². The predicted octanol–water partition coefficient (Wildman–Crippen LogP) is 3.87. The van der Waals surface area contributed by atoms with Crippen molar-refractivity contribution in [2.75, 3.05) is 11.9 Å². The third-order valence-electron chi connectivity index (χ3n) is 5.16. The number of benzene rings is 1. The number of pyridine rings is 1. The summed E-state index contributed by atoms with van der Waals surface area (Å²) >= 11 is 0. The van der Waals surface area contributed by atoms with Crippen LogP contribution in [0, 0.1) is 0 Å². The summed E-state index contributed by atoms with van der Waals surface area (Å²) < 4.78 is 17.6. The molecule has 4 rings (SSSR count). The molecule has 156 valence electrons. The number of fused-ring (bicyclic) bond motifs is 3. The van der Waals surface area contributed by atoms with Crippen molar-refractivity contribution in [3.8, 4) is 11.5 Å². The maximum Gasteiger partial charge on any atom is 0.336 e. The summed E-state index contributed by atoms with van der Waals surface area (Å²) in [5.41, 5.74) is 1.41. The number of ether oxygens (including phenoxy) is 2. The van der Waals surface area contributed by atoms with Crippen LogP contribution in [0.2, 0.25) is 0 Å². The molecule has 0 bridgehead atoms. The highest BCUT2D eigenvalue weighted by molar-refractivity contribution is 5.93. The van der Waals surface area contributed by atoms with Gasteiger partial charge in [0.05, 0.1) is 5.39 Å². The third kappa shape index (κ3) is 4.01. The van der Waals surface area contributed by atoms with E-state index in [0.29, 0.717) is 34.7 Å². The van der Waals surface area contributed by atoms with Gasteiger partial charge in [0.1, 0.15) is 28.5 Å². The second-order valence-corrected chi connectivity index (χ2v) is 7.91. The first-order valence-electron chi connectivity index (χ1n) is 10.0. The van der Waals surface area contributed by atoms with E-state index in [4.69, 9.17) is 13.9 Å². The molecule has 0 fully saturated rings. The summed E-state index contributed by atoms with van der Waals surface area (Å²) in [6.45, 7) is 5.78. The van der Waals surface area contributed by atoms with Crippen LogP contribution in [0.4, 0.5) is 5.82 Å². The highest BCUT2D eigenvalue weighted by Crippen LogP contribution is 2.42. The Kier molecular flexibility index (Phi) is 5.20. The number of carbonyl (C=O) groups excluding carboxylic acids is 1. The van der Waals surface area contributed by atoms with E-state index in [1.807, 2.05) is 20.8 Å². The maximum atomic E-state index is 12.3. The molecule has 2 aromatic heterocycles. The smallest absolute Gasteiger partial charge is 0.336 e. The van der Waals surface area contributed by atoms with Gasteiger partial charge in [0.25, 0.3) is 5.91 Å². The highest BCUT2D eigenvalue weighted by Gasteiger charge is 2.30. The molecule has 0 saturated carbocycles. The largest absolute Gasteiger partial charge is 0.487 e. The average Bonchev–Trinajstić information content (AvgIpc) is 2.71. The molecule has 0 radical (unpaired) electrons. The lowest BCUT2D eigenvalue weighted by Crippen LogP contribution is -2.32. The quantitative estimate of drug-likeness (QED) is 0.645. The van der Waals surface area contributed by atoms with Crippen LogP contribution in [0.25, 0.3) is 11.0 Å². The van der Waals surface area contributed by atoms with Gasteiger partial charge in [0.2, 0.25) is 0 Å². The Morgan fingerprint density at radius 2 is 2.13 bits per heavy atom. The number of aryl methyl sites for hydroxylation is 2. The number of aromatic nitrogens is 1. The van der Waals surface area contributed by atoms with Gasteiger partial charge in [-0.15, -0.1) is 0 Å².